The van der Waals surface area contributed by atoms with E-state index in [0.29, 0.717) is 33.3 Å². The zero-order valence-corrected chi connectivity index (χ0v) is 15.4. The van der Waals surface area contributed by atoms with Crippen molar-refractivity contribution in [2.24, 2.45) is 0 Å². The molecule has 0 bridgehead atoms. The van der Waals surface area contributed by atoms with E-state index in [1.807, 2.05) is 0 Å². The van der Waals surface area contributed by atoms with Gasteiger partial charge in [-0.05, 0) is 48.5 Å². The molecule has 0 saturated carbocycles. The lowest BCUT2D eigenvalue weighted by atomic mass is 10.2. The minimum Gasteiger partial charge on any atom is -0.487 e. The molecule has 0 spiro atoms. The third kappa shape index (κ3) is 3.92. The van der Waals surface area contributed by atoms with Crippen molar-refractivity contribution >= 4 is 40.6 Å². The van der Waals surface area contributed by atoms with Gasteiger partial charge in [-0.2, -0.15) is 0 Å². The van der Waals surface area contributed by atoms with Gasteiger partial charge in [0.05, 0.1) is 9.93 Å². The Labute approximate surface area is 159 Å². The number of hydrogen-bond acceptors (Lipinski definition) is 4. The minimum atomic E-state index is -0.341. The Kier molecular flexibility index (Phi) is 5.64. The van der Waals surface area contributed by atoms with Crippen LogP contribution in [-0.4, -0.2) is 22.6 Å². The number of amides is 2. The maximum absolute atomic E-state index is 13.6. The molecule has 2 amide bonds. The molecule has 1 saturated heterocycles. The summed E-state index contributed by atoms with van der Waals surface area (Å²) in [6.07, 6.45) is 1.62. The summed E-state index contributed by atoms with van der Waals surface area (Å²) in [6.45, 7) is 2.14. The highest BCUT2D eigenvalue weighted by Crippen LogP contribution is 2.33. The van der Waals surface area contributed by atoms with Crippen LogP contribution in [0.3, 0.4) is 0 Å². The van der Waals surface area contributed by atoms with E-state index >= 15 is 0 Å². The highest BCUT2D eigenvalue weighted by Gasteiger charge is 2.33. The molecule has 1 fully saturated rings. The predicted molar refractivity (Wildman–Crippen MR) is 101 cm³/mol. The first-order valence-corrected chi connectivity index (χ1v) is 9.10. The van der Waals surface area contributed by atoms with E-state index in [2.05, 4.69) is 0 Å². The molecule has 0 N–H and O–H groups in total. The number of nitrogens with zero attached hydrogens (tertiary/aromatic N) is 1. The van der Waals surface area contributed by atoms with Gasteiger partial charge in [0.15, 0.2) is 0 Å². The number of likely N-dealkylation sites (N-methyl/N-ethyl adjacent to an activating group) is 1. The van der Waals surface area contributed by atoms with Gasteiger partial charge >= 0.3 is 0 Å². The first-order valence-electron chi connectivity index (χ1n) is 7.90. The molecule has 1 aliphatic heterocycles. The molecule has 1 heterocycles. The van der Waals surface area contributed by atoms with Crippen LogP contribution in [0.1, 0.15) is 18.1 Å². The molecule has 0 radical (unpaired) electrons. The summed E-state index contributed by atoms with van der Waals surface area (Å²) < 4.78 is 19.2. The van der Waals surface area contributed by atoms with Crippen molar-refractivity contribution in [1.29, 1.82) is 0 Å². The molecule has 134 valence electrons. The second kappa shape index (κ2) is 7.93. The van der Waals surface area contributed by atoms with Crippen LogP contribution in [0.25, 0.3) is 6.08 Å². The monoisotopic (exact) mass is 391 g/mol. The molecule has 4 nitrogen and oxygen atoms in total. The number of benzene rings is 2. The third-order valence-electron chi connectivity index (χ3n) is 3.78. The Morgan fingerprint density at radius 2 is 2.00 bits per heavy atom. The molecule has 0 aromatic heterocycles. The van der Waals surface area contributed by atoms with Crippen molar-refractivity contribution in [3.05, 3.63) is 69.3 Å². The van der Waals surface area contributed by atoms with Crippen molar-refractivity contribution in [1.82, 2.24) is 4.90 Å². The van der Waals surface area contributed by atoms with Crippen LogP contribution in [0, 0.1) is 5.82 Å². The van der Waals surface area contributed by atoms with Crippen LogP contribution in [0.5, 0.6) is 5.75 Å². The van der Waals surface area contributed by atoms with Gasteiger partial charge in [-0.1, -0.05) is 35.9 Å². The number of imide groups is 1. The molecule has 1 aliphatic rings. The van der Waals surface area contributed by atoms with Gasteiger partial charge in [0.25, 0.3) is 11.1 Å². The Balaban J connectivity index is 1.74. The van der Waals surface area contributed by atoms with E-state index in [1.54, 1.807) is 49.4 Å². The lowest BCUT2D eigenvalue weighted by Gasteiger charge is -2.09. The summed E-state index contributed by atoms with van der Waals surface area (Å²) in [6, 6.07) is 11.4. The molecule has 2 aromatic rings. The van der Waals surface area contributed by atoms with Crippen LogP contribution < -0.4 is 4.74 Å². The zero-order chi connectivity index (χ0) is 18.7. The van der Waals surface area contributed by atoms with Crippen LogP contribution in [0.2, 0.25) is 5.02 Å². The number of halogens is 2. The van der Waals surface area contributed by atoms with Crippen molar-refractivity contribution in [3.63, 3.8) is 0 Å². The molecule has 0 aliphatic carbocycles. The molecular formula is C19H15ClFNO3S. The Hall–Kier alpha value is -2.31. The van der Waals surface area contributed by atoms with Crippen molar-refractivity contribution < 1.29 is 18.7 Å². The number of ether oxygens (including phenoxy) is 1. The first kappa shape index (κ1) is 18.5. The average molecular weight is 392 g/mol. The topological polar surface area (TPSA) is 46.6 Å². The molecule has 0 atom stereocenters. The SMILES string of the molecule is CCN1C(=O)S/C(=C\c2ccc(OCc3ccccc3F)c(Cl)c2)C1=O. The number of carbonyl (C=O) groups is 2. The highest BCUT2D eigenvalue weighted by atomic mass is 35.5. The lowest BCUT2D eigenvalue weighted by Crippen LogP contribution is -2.27. The minimum absolute atomic E-state index is 0.0567. The second-order valence-electron chi connectivity index (χ2n) is 5.50. The fourth-order valence-corrected chi connectivity index (χ4v) is 3.57. The van der Waals surface area contributed by atoms with Crippen molar-refractivity contribution in [2.45, 2.75) is 13.5 Å². The summed E-state index contributed by atoms with van der Waals surface area (Å²) in [5.41, 5.74) is 1.11. The summed E-state index contributed by atoms with van der Waals surface area (Å²) >= 11 is 7.13. The summed E-state index contributed by atoms with van der Waals surface area (Å²) in [4.78, 5) is 25.4. The lowest BCUT2D eigenvalue weighted by molar-refractivity contribution is -0.122. The Bertz CT molecular complexity index is 900. The first-order chi connectivity index (χ1) is 12.5. The fraction of sp³-hybridized carbons (Fsp3) is 0.158. The van der Waals surface area contributed by atoms with E-state index < -0.39 is 0 Å². The van der Waals surface area contributed by atoms with Gasteiger partial charge < -0.3 is 4.74 Å². The molecule has 2 aromatic carbocycles. The maximum atomic E-state index is 13.6. The second-order valence-corrected chi connectivity index (χ2v) is 6.90. The van der Waals surface area contributed by atoms with Gasteiger partial charge in [-0.15, -0.1) is 0 Å². The predicted octanol–water partition coefficient (Wildman–Crippen LogP) is 5.11. The number of carbonyl (C=O) groups excluding carboxylic acids is 2. The average Bonchev–Trinajstić information content (AvgIpc) is 2.88. The molecule has 7 heteroatoms. The van der Waals surface area contributed by atoms with Crippen molar-refractivity contribution in [3.8, 4) is 5.75 Å². The van der Waals surface area contributed by atoms with Crippen LogP contribution >= 0.6 is 23.4 Å². The normalized spacial score (nSPS) is 15.8. The largest absolute Gasteiger partial charge is 0.487 e. The molecule has 0 unspecified atom stereocenters. The zero-order valence-electron chi connectivity index (χ0n) is 13.9. The van der Waals surface area contributed by atoms with E-state index in [4.69, 9.17) is 16.3 Å². The smallest absolute Gasteiger partial charge is 0.293 e. The van der Waals surface area contributed by atoms with Crippen LogP contribution in [-0.2, 0) is 11.4 Å². The molecular weight excluding hydrogens is 377 g/mol. The standard InChI is InChI=1S/C19H15ClFNO3S/c1-2-22-18(23)17(26-19(22)24)10-12-7-8-16(14(20)9-12)25-11-13-5-3-4-6-15(13)21/h3-10H,2,11H2,1H3/b17-10-. The van der Waals surface area contributed by atoms with Gasteiger partial charge in [0, 0.05) is 12.1 Å². The summed E-state index contributed by atoms with van der Waals surface area (Å²) in [5, 5.41) is 0.0597. The van der Waals surface area contributed by atoms with Gasteiger partial charge in [-0.3, -0.25) is 14.5 Å². The van der Waals surface area contributed by atoms with Gasteiger partial charge in [0.1, 0.15) is 18.2 Å². The number of thioether (sulfide) groups is 1. The van der Waals surface area contributed by atoms with Gasteiger partial charge in [-0.25, -0.2) is 4.39 Å². The molecule has 26 heavy (non-hydrogen) atoms. The quantitative estimate of drug-likeness (QED) is 0.664. The Morgan fingerprint density at radius 1 is 1.23 bits per heavy atom. The highest BCUT2D eigenvalue weighted by molar-refractivity contribution is 8.18. The Morgan fingerprint density at radius 3 is 2.65 bits per heavy atom. The number of hydrogen-bond donors (Lipinski definition) is 0. The maximum Gasteiger partial charge on any atom is 0.293 e. The number of rotatable bonds is 5. The molecule has 3 rings (SSSR count). The van der Waals surface area contributed by atoms with Crippen LogP contribution in [0.4, 0.5) is 9.18 Å². The summed E-state index contributed by atoms with van der Waals surface area (Å²) in [5.74, 6) is -0.237. The third-order valence-corrected chi connectivity index (χ3v) is 4.99. The van der Waals surface area contributed by atoms with Gasteiger partial charge in [0.2, 0.25) is 0 Å². The van der Waals surface area contributed by atoms with E-state index in [0.717, 1.165) is 11.8 Å². The van der Waals surface area contributed by atoms with E-state index in [-0.39, 0.29) is 23.6 Å². The fourth-order valence-electron chi connectivity index (χ4n) is 2.42. The van der Waals surface area contributed by atoms with Crippen molar-refractivity contribution in [2.75, 3.05) is 6.54 Å². The van der Waals surface area contributed by atoms with E-state index in [1.165, 1.54) is 11.0 Å². The van der Waals surface area contributed by atoms with Crippen LogP contribution in [0.15, 0.2) is 47.4 Å². The van der Waals surface area contributed by atoms with E-state index in [9.17, 15) is 14.0 Å². The summed E-state index contributed by atoms with van der Waals surface area (Å²) in [7, 11) is 0.